The molecule has 2 amide bonds. The second-order valence-corrected chi connectivity index (χ2v) is 6.72. The molecule has 0 radical (unpaired) electrons. The number of halogens is 1. The predicted octanol–water partition coefficient (Wildman–Crippen LogP) is 2.29. The average molecular weight is 352 g/mol. The fraction of sp³-hybridized carbons (Fsp3) is 0.556. The number of amides is 2. The molecule has 5 nitrogen and oxygen atoms in total. The van der Waals surface area contributed by atoms with Crippen LogP contribution in [0.25, 0.3) is 0 Å². The minimum absolute atomic E-state index is 0.0418. The van der Waals surface area contributed by atoms with Gasteiger partial charge in [-0.15, -0.1) is 0 Å². The van der Waals surface area contributed by atoms with Gasteiger partial charge >= 0.3 is 0 Å². The highest BCUT2D eigenvalue weighted by Crippen LogP contribution is 2.13. The van der Waals surface area contributed by atoms with Gasteiger partial charge in [0.15, 0.2) is 0 Å². The van der Waals surface area contributed by atoms with Crippen molar-refractivity contribution < 1.29 is 9.59 Å². The molecule has 1 aliphatic heterocycles. The number of carbonyl (C=O) groups is 2. The third kappa shape index (κ3) is 5.80. The minimum atomic E-state index is 0.0418. The van der Waals surface area contributed by atoms with Crippen LogP contribution in [0.1, 0.15) is 32.3 Å². The molecule has 0 bridgehead atoms. The molecule has 24 heavy (non-hydrogen) atoms. The molecule has 6 heteroatoms. The van der Waals surface area contributed by atoms with E-state index in [1.165, 1.54) is 0 Å². The number of benzene rings is 1. The van der Waals surface area contributed by atoms with Crippen LogP contribution >= 0.6 is 11.6 Å². The van der Waals surface area contributed by atoms with Crippen molar-refractivity contribution in [1.82, 2.24) is 15.1 Å². The summed E-state index contributed by atoms with van der Waals surface area (Å²) in [6, 6.07) is 7.89. The Bertz CT molecular complexity index is 571. The van der Waals surface area contributed by atoms with Crippen LogP contribution in [0.3, 0.4) is 0 Å². The van der Waals surface area contributed by atoms with Gasteiger partial charge in [-0.2, -0.15) is 0 Å². The van der Waals surface area contributed by atoms with Gasteiger partial charge in [0.05, 0.1) is 6.54 Å². The summed E-state index contributed by atoms with van der Waals surface area (Å²) in [4.78, 5) is 27.5. The number of hydrogen-bond donors (Lipinski definition) is 1. The average Bonchev–Trinajstić information content (AvgIpc) is 2.54. The number of piperidine rings is 1. The molecule has 1 heterocycles. The van der Waals surface area contributed by atoms with E-state index in [0.29, 0.717) is 18.1 Å². The monoisotopic (exact) mass is 351 g/mol. The highest BCUT2D eigenvalue weighted by atomic mass is 35.5. The summed E-state index contributed by atoms with van der Waals surface area (Å²) in [5.74, 6) is 0.151. The van der Waals surface area contributed by atoms with E-state index in [-0.39, 0.29) is 17.9 Å². The van der Waals surface area contributed by atoms with Gasteiger partial charge in [-0.05, 0) is 37.1 Å². The largest absolute Gasteiger partial charge is 0.352 e. The molecule has 1 aliphatic rings. The van der Waals surface area contributed by atoms with E-state index in [4.69, 9.17) is 11.6 Å². The molecule has 132 valence electrons. The molecule has 0 aliphatic carbocycles. The summed E-state index contributed by atoms with van der Waals surface area (Å²) in [5.41, 5.74) is 1.10. The quantitative estimate of drug-likeness (QED) is 0.855. The van der Waals surface area contributed by atoms with Crippen LogP contribution < -0.4 is 5.32 Å². The normalized spacial score (nSPS) is 15.6. The van der Waals surface area contributed by atoms with Crippen LogP contribution in [-0.4, -0.2) is 53.8 Å². The maximum Gasteiger partial charge on any atom is 0.234 e. The molecule has 0 atom stereocenters. The van der Waals surface area contributed by atoms with Crippen LogP contribution in [0.4, 0.5) is 0 Å². The van der Waals surface area contributed by atoms with Gasteiger partial charge in [0.1, 0.15) is 0 Å². The molecule has 0 saturated carbocycles. The molecule has 1 saturated heterocycles. The molecule has 1 aromatic rings. The van der Waals surface area contributed by atoms with Crippen molar-refractivity contribution in [1.29, 1.82) is 0 Å². The molecular weight excluding hydrogens is 326 g/mol. The first-order valence-electron chi connectivity index (χ1n) is 8.49. The summed E-state index contributed by atoms with van der Waals surface area (Å²) >= 11 is 6.01. The summed E-state index contributed by atoms with van der Waals surface area (Å²) in [6.45, 7) is 6.95. The summed E-state index contributed by atoms with van der Waals surface area (Å²) in [5, 5.41) is 3.81. The van der Waals surface area contributed by atoms with Crippen molar-refractivity contribution in [3.63, 3.8) is 0 Å². The van der Waals surface area contributed by atoms with Crippen LogP contribution in [0.2, 0.25) is 5.02 Å². The van der Waals surface area contributed by atoms with Gasteiger partial charge in [-0.25, -0.2) is 0 Å². The topological polar surface area (TPSA) is 52.7 Å². The Morgan fingerprint density at radius 1 is 1.33 bits per heavy atom. The van der Waals surface area contributed by atoms with E-state index in [2.05, 4.69) is 10.2 Å². The zero-order valence-electron chi connectivity index (χ0n) is 14.4. The van der Waals surface area contributed by atoms with Crippen molar-refractivity contribution in [2.75, 3.05) is 26.2 Å². The number of nitrogens with one attached hydrogen (secondary N) is 1. The van der Waals surface area contributed by atoms with Gasteiger partial charge in [0.2, 0.25) is 11.8 Å². The predicted molar refractivity (Wildman–Crippen MR) is 95.8 cm³/mol. The van der Waals surface area contributed by atoms with E-state index >= 15 is 0 Å². The van der Waals surface area contributed by atoms with Crippen molar-refractivity contribution >= 4 is 23.4 Å². The smallest absolute Gasteiger partial charge is 0.234 e. The van der Waals surface area contributed by atoms with E-state index in [0.717, 1.165) is 38.0 Å². The Morgan fingerprint density at radius 2 is 2.04 bits per heavy atom. The number of hydrogen-bond acceptors (Lipinski definition) is 3. The van der Waals surface area contributed by atoms with Crippen molar-refractivity contribution in [2.24, 2.45) is 0 Å². The fourth-order valence-electron chi connectivity index (χ4n) is 2.99. The highest BCUT2D eigenvalue weighted by Gasteiger charge is 2.22. The van der Waals surface area contributed by atoms with Crippen molar-refractivity contribution in [3.8, 4) is 0 Å². The summed E-state index contributed by atoms with van der Waals surface area (Å²) in [7, 11) is 0. The Balaban J connectivity index is 1.79. The highest BCUT2D eigenvalue weighted by molar-refractivity contribution is 6.30. The number of likely N-dealkylation sites (N-methyl/N-ethyl adjacent to an activating group) is 1. The molecule has 1 N–H and O–H groups in total. The molecule has 1 fully saturated rings. The van der Waals surface area contributed by atoms with Crippen LogP contribution in [0.15, 0.2) is 24.3 Å². The number of likely N-dealkylation sites (tertiary alicyclic amines) is 1. The van der Waals surface area contributed by atoms with Crippen LogP contribution in [0, 0.1) is 0 Å². The van der Waals surface area contributed by atoms with E-state index in [1.54, 1.807) is 6.92 Å². The van der Waals surface area contributed by atoms with Crippen LogP contribution in [-0.2, 0) is 16.1 Å². The zero-order chi connectivity index (χ0) is 17.5. The zero-order valence-corrected chi connectivity index (χ0v) is 15.2. The molecule has 2 rings (SSSR count). The lowest BCUT2D eigenvalue weighted by molar-refractivity contribution is -0.130. The molecule has 0 unspecified atom stereocenters. The molecular formula is C18H26ClN3O2. The van der Waals surface area contributed by atoms with Gasteiger partial charge in [0.25, 0.3) is 0 Å². The Morgan fingerprint density at radius 3 is 2.62 bits per heavy atom. The SMILES string of the molecule is CCN(CC(=O)NC1CCN(C(C)=O)CC1)Cc1cccc(Cl)c1. The van der Waals surface area contributed by atoms with Gasteiger partial charge in [0, 0.05) is 37.6 Å². The number of nitrogens with zero attached hydrogens (tertiary/aromatic N) is 2. The van der Waals surface area contributed by atoms with Gasteiger partial charge in [-0.3, -0.25) is 14.5 Å². The second kappa shape index (κ2) is 9.04. The Kier molecular flexibility index (Phi) is 7.06. The number of rotatable bonds is 6. The first-order chi connectivity index (χ1) is 11.5. The minimum Gasteiger partial charge on any atom is -0.352 e. The Labute approximate surface area is 149 Å². The van der Waals surface area contributed by atoms with Gasteiger partial charge in [-0.1, -0.05) is 30.7 Å². The first kappa shape index (κ1) is 18.7. The lowest BCUT2D eigenvalue weighted by Gasteiger charge is -2.32. The summed E-state index contributed by atoms with van der Waals surface area (Å²) < 4.78 is 0. The first-order valence-corrected chi connectivity index (χ1v) is 8.87. The fourth-order valence-corrected chi connectivity index (χ4v) is 3.20. The number of carbonyl (C=O) groups excluding carboxylic acids is 2. The standard InChI is InChI=1S/C18H26ClN3O2/c1-3-21(12-15-5-4-6-16(19)11-15)13-18(24)20-17-7-9-22(10-8-17)14(2)23/h4-6,11,17H,3,7-10,12-13H2,1-2H3,(H,20,24). The molecule has 0 aromatic heterocycles. The second-order valence-electron chi connectivity index (χ2n) is 6.28. The Hall–Kier alpha value is -1.59. The maximum atomic E-state index is 12.3. The van der Waals surface area contributed by atoms with Crippen molar-refractivity contribution in [3.05, 3.63) is 34.9 Å². The molecule has 0 spiro atoms. The third-order valence-corrected chi connectivity index (χ3v) is 4.65. The lowest BCUT2D eigenvalue weighted by atomic mass is 10.1. The maximum absolute atomic E-state index is 12.3. The van der Waals surface area contributed by atoms with E-state index in [9.17, 15) is 9.59 Å². The third-order valence-electron chi connectivity index (χ3n) is 4.42. The van der Waals surface area contributed by atoms with E-state index < -0.39 is 0 Å². The van der Waals surface area contributed by atoms with E-state index in [1.807, 2.05) is 36.1 Å². The lowest BCUT2D eigenvalue weighted by Crippen LogP contribution is -2.48. The van der Waals surface area contributed by atoms with Gasteiger partial charge < -0.3 is 10.2 Å². The summed E-state index contributed by atoms with van der Waals surface area (Å²) in [6.07, 6.45) is 1.65. The van der Waals surface area contributed by atoms with Crippen molar-refractivity contribution in [2.45, 2.75) is 39.3 Å². The van der Waals surface area contributed by atoms with Crippen LogP contribution in [0.5, 0.6) is 0 Å². The molecule has 1 aromatic carbocycles.